The van der Waals surface area contributed by atoms with E-state index >= 15 is 0 Å². The number of aliphatic hydroxyl groups is 1. The van der Waals surface area contributed by atoms with Crippen LogP contribution in [0.25, 0.3) is 0 Å². The summed E-state index contributed by atoms with van der Waals surface area (Å²) in [5.74, 6) is 1.25. The zero-order valence-electron chi connectivity index (χ0n) is 9.77. The van der Waals surface area contributed by atoms with Crippen LogP contribution in [0.4, 0.5) is 0 Å². The minimum Gasteiger partial charge on any atom is -0.393 e. The number of hydrogen-bond acceptors (Lipinski definition) is 3. The number of nitrogens with zero attached hydrogens (tertiary/aromatic N) is 1. The van der Waals surface area contributed by atoms with Crippen LogP contribution in [-0.4, -0.2) is 41.7 Å². The molecule has 1 heterocycles. The van der Waals surface area contributed by atoms with Crippen LogP contribution in [0.1, 0.15) is 32.1 Å². The van der Waals surface area contributed by atoms with Crippen LogP contribution < -0.4 is 5.73 Å². The summed E-state index contributed by atoms with van der Waals surface area (Å²) in [7, 11) is 0. The summed E-state index contributed by atoms with van der Waals surface area (Å²) in [6, 6.07) is 0. The molecule has 1 aliphatic carbocycles. The average Bonchev–Trinajstić information content (AvgIpc) is 3.05. The molecule has 92 valence electrons. The van der Waals surface area contributed by atoms with Crippen molar-refractivity contribution in [2.75, 3.05) is 19.6 Å². The van der Waals surface area contributed by atoms with Crippen molar-refractivity contribution in [1.82, 2.24) is 4.90 Å². The van der Waals surface area contributed by atoms with E-state index in [2.05, 4.69) is 0 Å². The van der Waals surface area contributed by atoms with Gasteiger partial charge < -0.3 is 15.7 Å². The maximum absolute atomic E-state index is 11.7. The van der Waals surface area contributed by atoms with Crippen molar-refractivity contribution in [3.63, 3.8) is 0 Å². The topological polar surface area (TPSA) is 66.6 Å². The third-order valence-corrected chi connectivity index (χ3v) is 3.74. The predicted octanol–water partition coefficient (Wildman–Crippen LogP) is 0.345. The number of piperidine rings is 1. The number of carbonyl (C=O) groups is 1. The van der Waals surface area contributed by atoms with Crippen molar-refractivity contribution in [3.05, 3.63) is 0 Å². The first-order valence-electron chi connectivity index (χ1n) is 6.36. The Kier molecular flexibility index (Phi) is 3.82. The number of carbonyl (C=O) groups excluding carboxylic acids is 1. The minimum atomic E-state index is -0.206. The fourth-order valence-electron chi connectivity index (χ4n) is 2.54. The molecule has 2 aliphatic rings. The van der Waals surface area contributed by atoms with Gasteiger partial charge in [0.25, 0.3) is 0 Å². The highest BCUT2D eigenvalue weighted by molar-refractivity contribution is 5.76. The molecule has 4 nitrogen and oxygen atoms in total. The van der Waals surface area contributed by atoms with Crippen LogP contribution in [0.15, 0.2) is 0 Å². The zero-order valence-corrected chi connectivity index (χ0v) is 9.77. The van der Waals surface area contributed by atoms with E-state index in [1.165, 1.54) is 12.8 Å². The molecule has 0 aromatic heterocycles. The highest BCUT2D eigenvalue weighted by Gasteiger charge is 2.34. The molecule has 1 aliphatic heterocycles. The number of hydrogen-bond donors (Lipinski definition) is 2. The molecule has 2 atom stereocenters. The number of aliphatic hydroxyl groups excluding tert-OH is 1. The second kappa shape index (κ2) is 5.15. The van der Waals surface area contributed by atoms with Gasteiger partial charge in [-0.1, -0.05) is 12.8 Å². The van der Waals surface area contributed by atoms with Crippen LogP contribution in [0.2, 0.25) is 0 Å². The van der Waals surface area contributed by atoms with E-state index in [1.54, 1.807) is 0 Å². The summed E-state index contributed by atoms with van der Waals surface area (Å²) >= 11 is 0. The molecule has 4 heteroatoms. The maximum Gasteiger partial charge on any atom is 0.223 e. The number of likely N-dealkylation sites (tertiary alicyclic amines) is 1. The molecule has 0 aromatic carbocycles. The number of nitrogens with two attached hydrogens (primary N) is 1. The van der Waals surface area contributed by atoms with E-state index in [4.69, 9.17) is 5.73 Å². The molecule has 0 unspecified atom stereocenters. The predicted molar refractivity (Wildman–Crippen MR) is 61.7 cm³/mol. The summed E-state index contributed by atoms with van der Waals surface area (Å²) in [5, 5.41) is 9.91. The summed E-state index contributed by atoms with van der Waals surface area (Å²) in [5.41, 5.74) is 5.39. The lowest BCUT2D eigenvalue weighted by molar-refractivity contribution is -0.134. The molecule has 16 heavy (non-hydrogen) atoms. The Hall–Kier alpha value is -0.610. The van der Waals surface area contributed by atoms with Gasteiger partial charge >= 0.3 is 0 Å². The summed E-state index contributed by atoms with van der Waals surface area (Å²) in [6.07, 6.45) is 4.66. The Morgan fingerprint density at radius 2 is 2.12 bits per heavy atom. The highest BCUT2D eigenvalue weighted by atomic mass is 16.3. The monoisotopic (exact) mass is 226 g/mol. The smallest absolute Gasteiger partial charge is 0.223 e. The molecule has 1 saturated carbocycles. The second-order valence-electron chi connectivity index (χ2n) is 5.17. The first-order valence-corrected chi connectivity index (χ1v) is 6.36. The van der Waals surface area contributed by atoms with Gasteiger partial charge in [0.05, 0.1) is 6.10 Å². The Balaban J connectivity index is 1.84. The fourth-order valence-corrected chi connectivity index (χ4v) is 2.54. The molecular formula is C12H22N2O2. The summed E-state index contributed by atoms with van der Waals surface area (Å²) in [6.45, 7) is 1.85. The molecule has 2 rings (SSSR count). The van der Waals surface area contributed by atoms with Crippen molar-refractivity contribution in [3.8, 4) is 0 Å². The first kappa shape index (κ1) is 11.9. The molecule has 0 radical (unpaired) electrons. The third kappa shape index (κ3) is 2.95. The molecule has 0 aromatic rings. The van der Waals surface area contributed by atoms with Crippen molar-refractivity contribution in [2.45, 2.75) is 38.2 Å². The largest absolute Gasteiger partial charge is 0.393 e. The Labute approximate surface area is 96.8 Å². The lowest BCUT2D eigenvalue weighted by atomic mass is 9.89. The van der Waals surface area contributed by atoms with E-state index in [0.29, 0.717) is 25.4 Å². The van der Waals surface area contributed by atoms with Crippen molar-refractivity contribution in [1.29, 1.82) is 0 Å². The van der Waals surface area contributed by atoms with Gasteiger partial charge in [0.1, 0.15) is 0 Å². The van der Waals surface area contributed by atoms with Gasteiger partial charge in [-0.2, -0.15) is 0 Å². The van der Waals surface area contributed by atoms with Gasteiger partial charge in [0.15, 0.2) is 0 Å². The van der Waals surface area contributed by atoms with Gasteiger partial charge in [-0.25, -0.2) is 0 Å². The maximum atomic E-state index is 11.7. The third-order valence-electron chi connectivity index (χ3n) is 3.74. The van der Waals surface area contributed by atoms with Crippen LogP contribution in [0, 0.1) is 11.8 Å². The van der Waals surface area contributed by atoms with Crippen LogP contribution in [0.3, 0.4) is 0 Å². The summed E-state index contributed by atoms with van der Waals surface area (Å²) in [4.78, 5) is 13.6. The van der Waals surface area contributed by atoms with E-state index in [0.717, 1.165) is 25.3 Å². The second-order valence-corrected chi connectivity index (χ2v) is 5.17. The average molecular weight is 226 g/mol. The molecule has 1 amide bonds. The van der Waals surface area contributed by atoms with Gasteiger partial charge in [-0.05, 0) is 18.8 Å². The molecule has 1 saturated heterocycles. The van der Waals surface area contributed by atoms with E-state index in [1.807, 2.05) is 4.90 Å². The van der Waals surface area contributed by atoms with Gasteiger partial charge in [0.2, 0.25) is 5.91 Å². The zero-order chi connectivity index (χ0) is 11.5. The van der Waals surface area contributed by atoms with Gasteiger partial charge in [0, 0.05) is 32.0 Å². The summed E-state index contributed by atoms with van der Waals surface area (Å²) < 4.78 is 0. The van der Waals surface area contributed by atoms with Gasteiger partial charge in [-0.15, -0.1) is 0 Å². The van der Waals surface area contributed by atoms with Crippen LogP contribution in [0.5, 0.6) is 0 Å². The molecule has 2 fully saturated rings. The lowest BCUT2D eigenvalue weighted by Crippen LogP contribution is -2.46. The number of rotatable bonds is 4. The Bertz CT molecular complexity index is 253. The molecule has 3 N–H and O–H groups in total. The molecular weight excluding hydrogens is 204 g/mol. The van der Waals surface area contributed by atoms with E-state index in [-0.39, 0.29) is 12.0 Å². The molecule has 0 bridgehead atoms. The van der Waals surface area contributed by atoms with E-state index < -0.39 is 0 Å². The van der Waals surface area contributed by atoms with Crippen molar-refractivity contribution < 1.29 is 9.90 Å². The standard InChI is InChI=1S/C12H22N2O2/c13-5-3-12(16)14-6-4-11(15)10(8-14)7-9-1-2-9/h9-11,15H,1-8,13H2/t10-,11-/m1/s1. The minimum absolute atomic E-state index is 0.148. The normalized spacial score (nSPS) is 30.5. The fraction of sp³-hybridized carbons (Fsp3) is 0.917. The number of amides is 1. The first-order chi connectivity index (χ1) is 7.70. The van der Waals surface area contributed by atoms with Crippen molar-refractivity contribution >= 4 is 5.91 Å². The van der Waals surface area contributed by atoms with E-state index in [9.17, 15) is 9.90 Å². The van der Waals surface area contributed by atoms with Crippen LogP contribution >= 0.6 is 0 Å². The Morgan fingerprint density at radius 1 is 1.38 bits per heavy atom. The quantitative estimate of drug-likeness (QED) is 0.726. The van der Waals surface area contributed by atoms with Crippen LogP contribution in [-0.2, 0) is 4.79 Å². The highest BCUT2D eigenvalue weighted by Crippen LogP contribution is 2.37. The SMILES string of the molecule is NCCC(=O)N1CC[C@@H](O)[C@H](CC2CC2)C1. The molecule has 0 spiro atoms. The van der Waals surface area contributed by atoms with Crippen molar-refractivity contribution in [2.24, 2.45) is 17.6 Å². The van der Waals surface area contributed by atoms with Gasteiger partial charge in [-0.3, -0.25) is 4.79 Å². The lowest BCUT2D eigenvalue weighted by Gasteiger charge is -2.36. The Morgan fingerprint density at radius 3 is 2.75 bits per heavy atom.